The summed E-state index contributed by atoms with van der Waals surface area (Å²) >= 11 is 0. The Hall–Kier alpha value is -4.93. The maximum atomic E-state index is 6.09. The number of furan rings is 1. The van der Waals surface area contributed by atoms with Crippen LogP contribution in [0, 0.1) is 19.1 Å². The van der Waals surface area contributed by atoms with Gasteiger partial charge in [0.15, 0.2) is 0 Å². The molecule has 0 fully saturated rings. The van der Waals surface area contributed by atoms with Crippen molar-refractivity contribution in [3.63, 3.8) is 0 Å². The van der Waals surface area contributed by atoms with Gasteiger partial charge in [0.1, 0.15) is 5.58 Å². The molecule has 3 aromatic heterocycles. The maximum Gasteiger partial charge on any atom is 0.121 e. The van der Waals surface area contributed by atoms with Crippen molar-refractivity contribution in [1.29, 1.82) is 0 Å². The summed E-state index contributed by atoms with van der Waals surface area (Å²) in [5, 5.41) is 3.58. The monoisotopic (exact) mass is 829 g/mol. The molecule has 0 atom stereocenters. The number of aryl methyl sites for hydroxylation is 1. The van der Waals surface area contributed by atoms with E-state index in [1.807, 2.05) is 54.9 Å². The number of hydrogen-bond donors (Lipinski definition) is 0. The number of hydrogen-bond acceptors (Lipinski definition) is 3. The molecule has 0 saturated heterocycles. The Balaban J connectivity index is 0.000000208. The van der Waals surface area contributed by atoms with Gasteiger partial charge in [0.05, 0.1) is 13.7 Å². The minimum Gasteiger partial charge on any atom is -0.500 e. The molecule has 0 aliphatic carbocycles. The third-order valence-corrected chi connectivity index (χ3v) is 10.6. The van der Waals surface area contributed by atoms with Gasteiger partial charge in [0, 0.05) is 37.9 Å². The van der Waals surface area contributed by atoms with Crippen molar-refractivity contribution in [3.8, 4) is 44.8 Å². The molecule has 243 valence electrons. The summed E-state index contributed by atoms with van der Waals surface area (Å²) in [5.41, 5.74) is 11.6. The van der Waals surface area contributed by atoms with E-state index in [9.17, 15) is 0 Å². The van der Waals surface area contributed by atoms with Crippen LogP contribution in [0.4, 0.5) is 0 Å². The van der Waals surface area contributed by atoms with Crippen LogP contribution in [-0.2, 0) is 20.1 Å². The van der Waals surface area contributed by atoms with Gasteiger partial charge in [-0.05, 0) is 63.4 Å². The second kappa shape index (κ2) is 14.7. The quantitative estimate of drug-likeness (QED) is 0.128. The molecule has 3 nitrogen and oxygen atoms in total. The molecule has 0 amide bonds. The topological polar surface area (TPSA) is 38.9 Å². The van der Waals surface area contributed by atoms with Gasteiger partial charge >= 0.3 is 0 Å². The van der Waals surface area contributed by atoms with E-state index in [1.54, 1.807) is 0 Å². The van der Waals surface area contributed by atoms with Crippen LogP contribution in [-0.4, -0.2) is 18.0 Å². The fraction of sp³-hybridized carbons (Fsp3) is 0.0909. The van der Waals surface area contributed by atoms with E-state index >= 15 is 0 Å². The molecule has 3 heterocycles. The average Bonchev–Trinajstić information content (AvgIpc) is 3.50. The minimum atomic E-state index is -1.23. The van der Waals surface area contributed by atoms with Gasteiger partial charge in [0.25, 0.3) is 0 Å². The van der Waals surface area contributed by atoms with E-state index in [-0.39, 0.29) is 20.1 Å². The molecule has 0 N–H and O–H groups in total. The summed E-state index contributed by atoms with van der Waals surface area (Å²) in [6, 6.07) is 52.3. The van der Waals surface area contributed by atoms with Crippen molar-refractivity contribution >= 4 is 35.2 Å². The van der Waals surface area contributed by atoms with Crippen molar-refractivity contribution in [2.24, 2.45) is 0 Å². The van der Waals surface area contributed by atoms with Crippen molar-refractivity contribution in [1.82, 2.24) is 9.97 Å². The standard InChI is InChI=1S/C30H20NO.C14H16NSi.Ir/c1-20-19-31-28(18-25(20)22-10-6-3-7-11-22)24-13-15-30-27(17-24)26-16-23(12-14-29(26)32-30)21-8-4-2-5-9-21;1-16(2,3)13-9-10-14(15-11-13)12-7-5-4-6-8-12;/h2-12,14-19H,1H3;4-7,9-11H,1-3H3;/q2*-1;. The first kappa shape index (κ1) is 33.9. The second-order valence-electron chi connectivity index (χ2n) is 13.0. The van der Waals surface area contributed by atoms with Crippen molar-refractivity contribution in [3.05, 3.63) is 164 Å². The fourth-order valence-electron chi connectivity index (χ4n) is 5.83. The molecule has 49 heavy (non-hydrogen) atoms. The van der Waals surface area contributed by atoms with Crippen LogP contribution in [0.25, 0.3) is 66.7 Å². The normalized spacial score (nSPS) is 11.1. The Bertz CT molecular complexity index is 2310. The van der Waals surface area contributed by atoms with Crippen molar-refractivity contribution in [2.75, 3.05) is 0 Å². The fourth-order valence-corrected chi connectivity index (χ4v) is 6.86. The van der Waals surface area contributed by atoms with Crippen LogP contribution in [0.3, 0.4) is 0 Å². The van der Waals surface area contributed by atoms with E-state index in [1.165, 1.54) is 27.4 Å². The molecule has 5 heteroatoms. The van der Waals surface area contributed by atoms with Gasteiger partial charge in [-0.2, -0.15) is 0 Å². The van der Waals surface area contributed by atoms with Crippen LogP contribution in [0.15, 0.2) is 150 Å². The predicted molar refractivity (Wildman–Crippen MR) is 203 cm³/mol. The number of rotatable bonds is 5. The molecule has 0 aliphatic heterocycles. The molecule has 0 spiro atoms. The molecular weight excluding hydrogens is 793 g/mol. The van der Waals surface area contributed by atoms with Gasteiger partial charge in [-0.15, -0.1) is 59.7 Å². The van der Waals surface area contributed by atoms with Gasteiger partial charge in [-0.25, -0.2) is 0 Å². The number of aromatic nitrogens is 2. The summed E-state index contributed by atoms with van der Waals surface area (Å²) in [6.07, 6.45) is 3.96. The molecule has 0 saturated carbocycles. The zero-order valence-electron chi connectivity index (χ0n) is 28.0. The number of fused-ring (bicyclic) bond motifs is 3. The average molecular weight is 829 g/mol. The first-order valence-electron chi connectivity index (χ1n) is 16.2. The van der Waals surface area contributed by atoms with Crippen LogP contribution in [0.5, 0.6) is 0 Å². The van der Waals surface area contributed by atoms with Gasteiger partial charge in [-0.3, -0.25) is 0 Å². The van der Waals surface area contributed by atoms with E-state index < -0.39 is 8.07 Å². The second-order valence-corrected chi connectivity index (χ2v) is 18.1. The van der Waals surface area contributed by atoms with Gasteiger partial charge in [-0.1, -0.05) is 110 Å². The van der Waals surface area contributed by atoms with Crippen LogP contribution in [0.2, 0.25) is 19.6 Å². The maximum absolute atomic E-state index is 6.09. The number of benzene rings is 5. The Kier molecular flexibility index (Phi) is 10.2. The Morgan fingerprint density at radius 3 is 1.94 bits per heavy atom. The molecule has 8 aromatic rings. The molecule has 0 unspecified atom stereocenters. The van der Waals surface area contributed by atoms with E-state index in [0.29, 0.717) is 0 Å². The predicted octanol–water partition coefficient (Wildman–Crippen LogP) is 11.2. The van der Waals surface area contributed by atoms with Crippen LogP contribution in [0.1, 0.15) is 5.56 Å². The SMILES string of the molecule is C[Si](C)(C)c1ccc(-c2[c-]cccc2)nc1.Cc1cnc(-c2[c-]cc3oc4ccc(-c5ccccc5)cc4c3c2)cc1-c1ccccc1.[Ir]. The molecule has 0 bridgehead atoms. The Labute approximate surface area is 303 Å². The Morgan fingerprint density at radius 2 is 1.27 bits per heavy atom. The smallest absolute Gasteiger partial charge is 0.121 e. The first-order chi connectivity index (χ1) is 23.3. The number of nitrogens with zero attached hydrogens (tertiary/aromatic N) is 2. The van der Waals surface area contributed by atoms with Crippen LogP contribution >= 0.6 is 0 Å². The summed E-state index contributed by atoms with van der Waals surface area (Å²) in [5.74, 6) is 0. The van der Waals surface area contributed by atoms with E-state index in [2.05, 4.69) is 135 Å². The molecule has 8 rings (SSSR count). The van der Waals surface area contributed by atoms with Crippen molar-refractivity contribution in [2.45, 2.75) is 26.6 Å². The van der Waals surface area contributed by atoms with Gasteiger partial charge < -0.3 is 14.4 Å². The third-order valence-electron chi connectivity index (χ3n) is 8.59. The molecule has 1 radical (unpaired) electrons. The molecule has 5 aromatic carbocycles. The zero-order valence-corrected chi connectivity index (χ0v) is 31.4. The first-order valence-corrected chi connectivity index (χ1v) is 19.7. The zero-order chi connectivity index (χ0) is 33.1. The summed E-state index contributed by atoms with van der Waals surface area (Å²) in [7, 11) is -1.23. The molecular formula is C44H36IrN2OSi-2. The largest absolute Gasteiger partial charge is 0.500 e. The Morgan fingerprint density at radius 1 is 0.571 bits per heavy atom. The van der Waals surface area contributed by atoms with Crippen LogP contribution < -0.4 is 5.19 Å². The number of pyridine rings is 2. The summed E-state index contributed by atoms with van der Waals surface area (Å²) < 4.78 is 6.09. The minimum absolute atomic E-state index is 0. The summed E-state index contributed by atoms with van der Waals surface area (Å²) in [6.45, 7) is 9.09. The van der Waals surface area contributed by atoms with Gasteiger partial charge in [0.2, 0.25) is 0 Å². The molecule has 0 aliphatic rings. The third kappa shape index (κ3) is 7.55. The van der Waals surface area contributed by atoms with E-state index in [4.69, 9.17) is 9.40 Å². The van der Waals surface area contributed by atoms with Crippen molar-refractivity contribution < 1.29 is 24.5 Å². The van der Waals surface area contributed by atoms with E-state index in [0.717, 1.165) is 50.0 Å². The summed E-state index contributed by atoms with van der Waals surface area (Å²) in [4.78, 5) is 9.23.